The predicted molar refractivity (Wildman–Crippen MR) is 81.9 cm³/mol. The van der Waals surface area contributed by atoms with Gasteiger partial charge in [0, 0.05) is 12.0 Å². The molecule has 2 aliphatic heterocycles. The molecule has 1 saturated carbocycles. The molecule has 2 heterocycles. The van der Waals surface area contributed by atoms with Crippen molar-refractivity contribution in [1.29, 1.82) is 0 Å². The second-order valence-corrected chi connectivity index (χ2v) is 6.38. The average molecular weight is 340 g/mol. The predicted octanol–water partition coefficient (Wildman–Crippen LogP) is 2.48. The third kappa shape index (κ3) is 2.65. The molecule has 1 aromatic rings. The molecule has 1 aromatic carbocycles. The van der Waals surface area contributed by atoms with E-state index in [1.165, 1.54) is 0 Å². The molecule has 1 unspecified atom stereocenters. The Bertz CT molecular complexity index is 629. The lowest BCUT2D eigenvalue weighted by atomic mass is 9.88. The highest BCUT2D eigenvalue weighted by molar-refractivity contribution is 6.32. The van der Waals surface area contributed by atoms with Gasteiger partial charge in [0.25, 0.3) is 5.91 Å². The van der Waals surface area contributed by atoms with Gasteiger partial charge in [-0.15, -0.1) is 0 Å². The van der Waals surface area contributed by atoms with Gasteiger partial charge in [0.05, 0.1) is 24.3 Å². The number of carbonyl (C=O) groups is 1. The van der Waals surface area contributed by atoms with Crippen molar-refractivity contribution in [2.45, 2.75) is 37.5 Å². The third-order valence-corrected chi connectivity index (χ3v) is 4.85. The first-order valence-electron chi connectivity index (χ1n) is 7.86. The number of carbonyl (C=O) groups excluding carboxylic acids is 1. The molecule has 1 atom stereocenters. The number of halogens is 1. The Balaban J connectivity index is 1.54. The summed E-state index contributed by atoms with van der Waals surface area (Å²) in [6.45, 7) is 1.26. The van der Waals surface area contributed by atoms with Crippen LogP contribution >= 0.6 is 11.6 Å². The number of nitrogens with one attached hydrogen (secondary N) is 1. The van der Waals surface area contributed by atoms with E-state index in [-0.39, 0.29) is 18.7 Å². The molecule has 1 aliphatic carbocycles. The average Bonchev–Trinajstić information content (AvgIpc) is 3.19. The Hall–Kier alpha value is -1.50. The van der Waals surface area contributed by atoms with Crippen LogP contribution in [0.4, 0.5) is 0 Å². The van der Waals surface area contributed by atoms with E-state index in [0.29, 0.717) is 35.3 Å². The molecular weight excluding hydrogens is 322 g/mol. The lowest BCUT2D eigenvalue weighted by Crippen LogP contribution is -2.55. The molecule has 2 fully saturated rings. The monoisotopic (exact) mass is 339 g/mol. The van der Waals surface area contributed by atoms with E-state index in [4.69, 9.17) is 30.5 Å². The summed E-state index contributed by atoms with van der Waals surface area (Å²) in [6.07, 6.45) is 3.73. The van der Waals surface area contributed by atoms with Crippen molar-refractivity contribution >= 4 is 17.5 Å². The van der Waals surface area contributed by atoms with Crippen LogP contribution in [0.3, 0.4) is 0 Å². The third-order valence-electron chi connectivity index (χ3n) is 4.57. The van der Waals surface area contributed by atoms with Gasteiger partial charge in [-0.3, -0.25) is 4.79 Å². The molecule has 124 valence electrons. The summed E-state index contributed by atoms with van der Waals surface area (Å²) in [5, 5.41) is 3.41. The summed E-state index contributed by atoms with van der Waals surface area (Å²) in [6, 6.07) is 3.08. The van der Waals surface area contributed by atoms with E-state index < -0.39 is 5.79 Å². The van der Waals surface area contributed by atoms with Crippen LogP contribution in [-0.4, -0.2) is 37.7 Å². The highest BCUT2D eigenvalue weighted by Gasteiger charge is 2.46. The molecule has 23 heavy (non-hydrogen) atoms. The van der Waals surface area contributed by atoms with Gasteiger partial charge in [-0.1, -0.05) is 18.0 Å². The molecule has 1 saturated heterocycles. The molecule has 1 amide bonds. The van der Waals surface area contributed by atoms with Crippen LogP contribution in [0.1, 0.15) is 36.0 Å². The fraction of sp³-hybridized carbons (Fsp3) is 0.562. The van der Waals surface area contributed by atoms with Crippen molar-refractivity contribution in [1.82, 2.24) is 5.32 Å². The van der Waals surface area contributed by atoms with Crippen LogP contribution in [-0.2, 0) is 9.47 Å². The number of amides is 1. The largest absolute Gasteiger partial charge is 0.454 e. The maximum Gasteiger partial charge on any atom is 0.251 e. The zero-order valence-electron chi connectivity index (χ0n) is 12.6. The summed E-state index contributed by atoms with van der Waals surface area (Å²) < 4.78 is 22.2. The summed E-state index contributed by atoms with van der Waals surface area (Å²) in [5.41, 5.74) is 0.443. The maximum atomic E-state index is 12.6. The van der Waals surface area contributed by atoms with Crippen molar-refractivity contribution in [3.05, 3.63) is 22.7 Å². The zero-order valence-corrected chi connectivity index (χ0v) is 13.4. The highest BCUT2D eigenvalue weighted by atomic mass is 35.5. The summed E-state index contributed by atoms with van der Waals surface area (Å²) in [5.74, 6) is 0.0957. The fourth-order valence-corrected chi connectivity index (χ4v) is 3.72. The number of rotatable bonds is 2. The van der Waals surface area contributed by atoms with E-state index in [1.807, 2.05) is 0 Å². The van der Waals surface area contributed by atoms with Crippen molar-refractivity contribution in [3.8, 4) is 11.5 Å². The number of hydrogen-bond donors (Lipinski definition) is 1. The summed E-state index contributed by atoms with van der Waals surface area (Å²) in [7, 11) is 0. The van der Waals surface area contributed by atoms with E-state index in [1.54, 1.807) is 12.1 Å². The Morgan fingerprint density at radius 3 is 2.87 bits per heavy atom. The fourth-order valence-electron chi connectivity index (χ4n) is 3.45. The van der Waals surface area contributed by atoms with Crippen LogP contribution in [0.5, 0.6) is 11.5 Å². The van der Waals surface area contributed by atoms with Crippen LogP contribution in [0, 0.1) is 0 Å². The maximum absolute atomic E-state index is 12.6. The van der Waals surface area contributed by atoms with Crippen molar-refractivity contribution < 1.29 is 23.7 Å². The Kier molecular flexibility index (Phi) is 3.83. The minimum atomic E-state index is -0.673. The molecule has 0 aromatic heterocycles. The lowest BCUT2D eigenvalue weighted by Gasteiger charge is -2.39. The first kappa shape index (κ1) is 15.1. The van der Waals surface area contributed by atoms with Gasteiger partial charge in [-0.25, -0.2) is 0 Å². The van der Waals surface area contributed by atoms with Gasteiger partial charge in [-0.2, -0.15) is 0 Å². The van der Waals surface area contributed by atoms with Crippen molar-refractivity contribution in [2.24, 2.45) is 0 Å². The zero-order chi connectivity index (χ0) is 15.9. The molecule has 3 aliphatic rings. The first-order valence-corrected chi connectivity index (χ1v) is 8.24. The van der Waals surface area contributed by atoms with Gasteiger partial charge < -0.3 is 24.3 Å². The SMILES string of the molecule is O=C(NC1CCCCC12OCCO2)c1cc(Cl)c2c(c1)OCO2. The lowest BCUT2D eigenvalue weighted by molar-refractivity contribution is -0.192. The minimum Gasteiger partial charge on any atom is -0.454 e. The molecule has 0 radical (unpaired) electrons. The van der Waals surface area contributed by atoms with Crippen LogP contribution in [0.25, 0.3) is 0 Å². The van der Waals surface area contributed by atoms with Gasteiger partial charge in [0.15, 0.2) is 17.3 Å². The van der Waals surface area contributed by atoms with Gasteiger partial charge in [-0.05, 0) is 25.0 Å². The molecule has 1 N–H and O–H groups in total. The Morgan fingerprint density at radius 2 is 2.04 bits per heavy atom. The number of ether oxygens (including phenoxy) is 4. The molecule has 4 rings (SSSR count). The van der Waals surface area contributed by atoms with E-state index in [2.05, 4.69) is 5.32 Å². The number of benzene rings is 1. The minimum absolute atomic E-state index is 0.119. The molecule has 0 bridgehead atoms. The normalized spacial score (nSPS) is 24.8. The Morgan fingerprint density at radius 1 is 1.22 bits per heavy atom. The van der Waals surface area contributed by atoms with Crippen LogP contribution in [0.15, 0.2) is 12.1 Å². The topological polar surface area (TPSA) is 66.0 Å². The molecule has 7 heteroatoms. The van der Waals surface area contributed by atoms with E-state index in [0.717, 1.165) is 25.7 Å². The van der Waals surface area contributed by atoms with Gasteiger partial charge in [0.2, 0.25) is 6.79 Å². The number of fused-ring (bicyclic) bond motifs is 1. The number of hydrogen-bond acceptors (Lipinski definition) is 5. The Labute approximate surface area is 139 Å². The van der Waals surface area contributed by atoms with Gasteiger partial charge >= 0.3 is 0 Å². The second kappa shape index (κ2) is 5.85. The highest BCUT2D eigenvalue weighted by Crippen LogP contribution is 2.40. The summed E-state index contributed by atoms with van der Waals surface area (Å²) >= 11 is 6.15. The van der Waals surface area contributed by atoms with E-state index >= 15 is 0 Å². The quantitative estimate of drug-likeness (QED) is 0.896. The van der Waals surface area contributed by atoms with E-state index in [9.17, 15) is 4.79 Å². The molecule has 1 spiro atoms. The van der Waals surface area contributed by atoms with Crippen LogP contribution in [0.2, 0.25) is 5.02 Å². The smallest absolute Gasteiger partial charge is 0.251 e. The van der Waals surface area contributed by atoms with Gasteiger partial charge in [0.1, 0.15) is 0 Å². The molecule has 6 nitrogen and oxygen atoms in total. The van der Waals surface area contributed by atoms with Crippen molar-refractivity contribution in [2.75, 3.05) is 20.0 Å². The standard InChI is InChI=1S/C16H18ClNO5/c17-11-7-10(8-12-14(11)21-9-20-12)15(19)18-13-3-1-2-4-16(13)22-5-6-23-16/h7-8,13H,1-6,9H2,(H,18,19). The summed E-state index contributed by atoms with van der Waals surface area (Å²) in [4.78, 5) is 12.6. The first-order chi connectivity index (χ1) is 11.2. The molecular formula is C16H18ClNO5. The second-order valence-electron chi connectivity index (χ2n) is 5.97. The van der Waals surface area contributed by atoms with Crippen LogP contribution < -0.4 is 14.8 Å². The van der Waals surface area contributed by atoms with Crippen molar-refractivity contribution in [3.63, 3.8) is 0 Å².